The summed E-state index contributed by atoms with van der Waals surface area (Å²) in [6.45, 7) is 2.29. The Balaban J connectivity index is 2.64. The standard InChI is InChI=1S/C10H17NO3S2/c1-2-3-4-6-11-16(13,14)10-5-7-15-9(10)8-12/h5,7,11-12H,2-4,6,8H2,1H3. The minimum atomic E-state index is -3.44. The molecule has 92 valence electrons. The quantitative estimate of drug-likeness (QED) is 0.736. The third-order valence-corrected chi connectivity index (χ3v) is 4.79. The average molecular weight is 263 g/mol. The molecule has 0 aliphatic heterocycles. The first-order chi connectivity index (χ1) is 7.61. The zero-order valence-electron chi connectivity index (χ0n) is 9.27. The fourth-order valence-corrected chi connectivity index (χ4v) is 3.71. The lowest BCUT2D eigenvalue weighted by molar-refractivity contribution is 0.282. The van der Waals surface area contributed by atoms with Gasteiger partial charge in [0.2, 0.25) is 10.0 Å². The van der Waals surface area contributed by atoms with Crippen LogP contribution >= 0.6 is 11.3 Å². The van der Waals surface area contributed by atoms with E-state index >= 15 is 0 Å². The third-order valence-electron chi connectivity index (χ3n) is 2.21. The predicted molar refractivity (Wildman–Crippen MR) is 65.0 cm³/mol. The van der Waals surface area contributed by atoms with Crippen LogP contribution < -0.4 is 4.72 Å². The molecule has 0 spiro atoms. The molecule has 0 saturated heterocycles. The van der Waals surface area contributed by atoms with Gasteiger partial charge in [-0.05, 0) is 17.9 Å². The van der Waals surface area contributed by atoms with Crippen LogP contribution in [0.3, 0.4) is 0 Å². The van der Waals surface area contributed by atoms with Gasteiger partial charge in [-0.25, -0.2) is 13.1 Å². The Morgan fingerprint density at radius 2 is 2.19 bits per heavy atom. The van der Waals surface area contributed by atoms with Gasteiger partial charge < -0.3 is 5.11 Å². The van der Waals surface area contributed by atoms with Gasteiger partial charge >= 0.3 is 0 Å². The molecule has 1 aromatic heterocycles. The van der Waals surface area contributed by atoms with Gasteiger partial charge in [-0.2, -0.15) is 0 Å². The van der Waals surface area contributed by atoms with Crippen LogP contribution in [0.2, 0.25) is 0 Å². The van der Waals surface area contributed by atoms with E-state index in [2.05, 4.69) is 11.6 Å². The number of hydrogen-bond acceptors (Lipinski definition) is 4. The molecule has 0 bridgehead atoms. The van der Waals surface area contributed by atoms with Crippen molar-refractivity contribution < 1.29 is 13.5 Å². The van der Waals surface area contributed by atoms with E-state index in [4.69, 9.17) is 5.11 Å². The molecular formula is C10H17NO3S2. The minimum Gasteiger partial charge on any atom is -0.391 e. The van der Waals surface area contributed by atoms with E-state index in [1.807, 2.05) is 0 Å². The molecule has 0 aliphatic rings. The van der Waals surface area contributed by atoms with Crippen molar-refractivity contribution in [1.29, 1.82) is 0 Å². The molecule has 0 saturated carbocycles. The van der Waals surface area contributed by atoms with Crippen molar-refractivity contribution in [1.82, 2.24) is 4.72 Å². The van der Waals surface area contributed by atoms with E-state index in [0.29, 0.717) is 11.4 Å². The first-order valence-electron chi connectivity index (χ1n) is 5.28. The monoisotopic (exact) mass is 263 g/mol. The lowest BCUT2D eigenvalue weighted by atomic mass is 10.3. The van der Waals surface area contributed by atoms with Crippen LogP contribution in [0.25, 0.3) is 0 Å². The van der Waals surface area contributed by atoms with Gasteiger partial charge in [0.15, 0.2) is 0 Å². The largest absolute Gasteiger partial charge is 0.391 e. The first-order valence-corrected chi connectivity index (χ1v) is 7.65. The number of aliphatic hydroxyl groups excluding tert-OH is 1. The van der Waals surface area contributed by atoms with Crippen LogP contribution in [0, 0.1) is 0 Å². The molecule has 6 heteroatoms. The van der Waals surface area contributed by atoms with Crippen molar-refractivity contribution in [3.05, 3.63) is 16.3 Å². The zero-order valence-corrected chi connectivity index (χ0v) is 10.9. The summed E-state index contributed by atoms with van der Waals surface area (Å²) in [5.41, 5.74) is 0. The van der Waals surface area contributed by atoms with Crippen molar-refractivity contribution in [2.75, 3.05) is 6.54 Å². The lowest BCUT2D eigenvalue weighted by Crippen LogP contribution is -2.25. The third kappa shape index (κ3) is 3.55. The molecule has 1 heterocycles. The van der Waals surface area contributed by atoms with Crippen molar-refractivity contribution in [2.24, 2.45) is 0 Å². The van der Waals surface area contributed by atoms with Crippen molar-refractivity contribution in [3.63, 3.8) is 0 Å². The normalized spacial score (nSPS) is 11.9. The van der Waals surface area contributed by atoms with E-state index in [1.165, 1.54) is 17.4 Å². The molecule has 2 N–H and O–H groups in total. The van der Waals surface area contributed by atoms with Gasteiger partial charge in [0.25, 0.3) is 0 Å². The molecule has 0 amide bonds. The fourth-order valence-electron chi connectivity index (χ4n) is 1.34. The van der Waals surface area contributed by atoms with Gasteiger partial charge in [-0.3, -0.25) is 0 Å². The van der Waals surface area contributed by atoms with Crippen LogP contribution in [-0.2, 0) is 16.6 Å². The molecule has 4 nitrogen and oxygen atoms in total. The summed E-state index contributed by atoms with van der Waals surface area (Å²) in [5, 5.41) is 10.7. The Morgan fingerprint density at radius 1 is 1.44 bits per heavy atom. The zero-order chi connectivity index (χ0) is 12.0. The van der Waals surface area contributed by atoms with Gasteiger partial charge in [-0.15, -0.1) is 11.3 Å². The minimum absolute atomic E-state index is 0.205. The van der Waals surface area contributed by atoms with E-state index < -0.39 is 10.0 Å². The van der Waals surface area contributed by atoms with E-state index in [-0.39, 0.29) is 11.5 Å². The summed E-state index contributed by atoms with van der Waals surface area (Å²) >= 11 is 1.25. The Bertz CT molecular complexity index is 411. The molecule has 0 fully saturated rings. The van der Waals surface area contributed by atoms with E-state index in [9.17, 15) is 8.42 Å². The highest BCUT2D eigenvalue weighted by atomic mass is 32.2. The van der Waals surface area contributed by atoms with E-state index in [0.717, 1.165) is 19.3 Å². The average Bonchev–Trinajstić information content (AvgIpc) is 2.73. The number of sulfonamides is 1. The Labute approximate surface area is 100 Å². The highest BCUT2D eigenvalue weighted by molar-refractivity contribution is 7.89. The van der Waals surface area contributed by atoms with Gasteiger partial charge in [0.1, 0.15) is 0 Å². The summed E-state index contributed by atoms with van der Waals surface area (Å²) < 4.78 is 26.2. The predicted octanol–water partition coefficient (Wildman–Crippen LogP) is 1.71. The van der Waals surface area contributed by atoms with Crippen molar-refractivity contribution >= 4 is 21.4 Å². The molecule has 1 aromatic rings. The van der Waals surface area contributed by atoms with Crippen LogP contribution in [0.15, 0.2) is 16.3 Å². The number of thiophene rings is 1. The summed E-state index contributed by atoms with van der Waals surface area (Å²) in [6, 6.07) is 1.53. The van der Waals surface area contributed by atoms with Crippen molar-refractivity contribution in [3.8, 4) is 0 Å². The summed E-state index contributed by atoms with van der Waals surface area (Å²) in [7, 11) is -3.44. The summed E-state index contributed by atoms with van der Waals surface area (Å²) in [6.07, 6.45) is 2.91. The maximum atomic E-state index is 11.8. The summed E-state index contributed by atoms with van der Waals surface area (Å²) in [5.74, 6) is 0. The Hall–Kier alpha value is -0.430. The Kier molecular flexibility index (Phi) is 5.40. The SMILES string of the molecule is CCCCCNS(=O)(=O)c1ccsc1CO. The number of nitrogens with one attached hydrogen (secondary N) is 1. The van der Waals surface area contributed by atoms with Crippen LogP contribution in [0.4, 0.5) is 0 Å². The molecular weight excluding hydrogens is 246 g/mol. The Morgan fingerprint density at radius 3 is 2.81 bits per heavy atom. The maximum Gasteiger partial charge on any atom is 0.241 e. The second-order valence-corrected chi connectivity index (χ2v) is 6.21. The van der Waals surface area contributed by atoms with Gasteiger partial charge in [0, 0.05) is 11.4 Å². The second-order valence-electron chi connectivity index (χ2n) is 3.47. The van der Waals surface area contributed by atoms with Gasteiger partial charge in [0.05, 0.1) is 11.5 Å². The first kappa shape index (κ1) is 13.6. The van der Waals surface area contributed by atoms with Crippen LogP contribution in [0.1, 0.15) is 31.1 Å². The number of unbranched alkanes of at least 4 members (excludes halogenated alkanes) is 2. The number of aliphatic hydroxyl groups is 1. The van der Waals surface area contributed by atoms with Gasteiger partial charge in [-0.1, -0.05) is 19.8 Å². The van der Waals surface area contributed by atoms with E-state index in [1.54, 1.807) is 5.38 Å². The molecule has 0 aliphatic carbocycles. The molecule has 16 heavy (non-hydrogen) atoms. The highest BCUT2D eigenvalue weighted by Gasteiger charge is 2.18. The molecule has 0 aromatic carbocycles. The van der Waals surface area contributed by atoms with Crippen molar-refractivity contribution in [2.45, 2.75) is 37.7 Å². The fraction of sp³-hybridized carbons (Fsp3) is 0.600. The number of hydrogen-bond donors (Lipinski definition) is 2. The topological polar surface area (TPSA) is 66.4 Å². The molecule has 0 unspecified atom stereocenters. The molecule has 1 rings (SSSR count). The molecule has 0 radical (unpaired) electrons. The van der Waals surface area contributed by atoms with Crippen LogP contribution in [0.5, 0.6) is 0 Å². The summed E-state index contributed by atoms with van der Waals surface area (Å²) in [4.78, 5) is 0.694. The molecule has 0 atom stereocenters. The lowest BCUT2D eigenvalue weighted by Gasteiger charge is -2.06. The highest BCUT2D eigenvalue weighted by Crippen LogP contribution is 2.21. The second kappa shape index (κ2) is 6.34. The maximum absolute atomic E-state index is 11.8. The number of rotatable bonds is 7. The van der Waals surface area contributed by atoms with Crippen LogP contribution in [-0.4, -0.2) is 20.1 Å². The smallest absolute Gasteiger partial charge is 0.241 e.